The van der Waals surface area contributed by atoms with E-state index in [1.807, 2.05) is 25.2 Å². The summed E-state index contributed by atoms with van der Waals surface area (Å²) in [4.78, 5) is 16.6. The molecule has 1 fully saturated rings. The second kappa shape index (κ2) is 8.61. The van der Waals surface area contributed by atoms with Crippen LogP contribution in [0.15, 0.2) is 53.4 Å². The first-order valence-corrected chi connectivity index (χ1v) is 10.9. The Balaban J connectivity index is 1.78. The molecule has 0 unspecified atom stereocenters. The van der Waals surface area contributed by atoms with Crippen molar-refractivity contribution in [3.63, 3.8) is 0 Å². The van der Waals surface area contributed by atoms with Crippen molar-refractivity contribution < 1.29 is 13.2 Å². The smallest absolute Gasteiger partial charge is 0.253 e. The minimum absolute atomic E-state index is 0.147. The van der Waals surface area contributed by atoms with Crippen LogP contribution < -0.4 is 0 Å². The molecule has 0 bridgehead atoms. The van der Waals surface area contributed by atoms with Crippen molar-refractivity contribution >= 4 is 27.5 Å². The number of rotatable bonds is 5. The topological polar surface area (TPSA) is 60.9 Å². The Morgan fingerprint density at radius 2 is 1.75 bits per heavy atom. The Labute approximate surface area is 171 Å². The molecule has 2 aromatic rings. The highest BCUT2D eigenvalue weighted by molar-refractivity contribution is 7.89. The van der Waals surface area contributed by atoms with Crippen molar-refractivity contribution in [3.8, 4) is 0 Å². The second-order valence-corrected chi connectivity index (χ2v) is 9.33. The SMILES string of the molecule is CN1CCN(S(=O)(=O)c2cccc(C(=O)N(C)Cc3ccccc3Cl)c2)CC1. The van der Waals surface area contributed by atoms with E-state index in [2.05, 4.69) is 4.90 Å². The molecular formula is C20H24ClN3O3S. The Kier molecular flexibility index (Phi) is 6.40. The molecule has 1 heterocycles. The van der Waals surface area contributed by atoms with Gasteiger partial charge in [-0.3, -0.25) is 4.79 Å². The predicted molar refractivity (Wildman–Crippen MR) is 110 cm³/mol. The molecule has 1 aliphatic rings. The van der Waals surface area contributed by atoms with E-state index < -0.39 is 10.0 Å². The third-order valence-electron chi connectivity index (χ3n) is 4.89. The van der Waals surface area contributed by atoms with Gasteiger partial charge in [0.15, 0.2) is 0 Å². The molecule has 2 aromatic carbocycles. The predicted octanol–water partition coefficient (Wildman–Crippen LogP) is 2.55. The molecule has 28 heavy (non-hydrogen) atoms. The Hall–Kier alpha value is -1.93. The summed E-state index contributed by atoms with van der Waals surface area (Å²) in [6.07, 6.45) is 0. The zero-order chi connectivity index (χ0) is 20.3. The molecule has 1 saturated heterocycles. The summed E-state index contributed by atoms with van der Waals surface area (Å²) in [7, 11) is 0.0263. The quantitative estimate of drug-likeness (QED) is 0.744. The summed E-state index contributed by atoms with van der Waals surface area (Å²) in [5.41, 5.74) is 1.17. The van der Waals surface area contributed by atoms with Crippen LogP contribution in [-0.2, 0) is 16.6 Å². The molecule has 0 spiro atoms. The molecule has 0 aromatic heterocycles. The van der Waals surface area contributed by atoms with Gasteiger partial charge in [-0.05, 0) is 36.9 Å². The van der Waals surface area contributed by atoms with E-state index in [4.69, 9.17) is 11.6 Å². The minimum atomic E-state index is -3.62. The maximum atomic E-state index is 12.9. The zero-order valence-electron chi connectivity index (χ0n) is 16.0. The van der Waals surface area contributed by atoms with Gasteiger partial charge in [0.1, 0.15) is 0 Å². The van der Waals surface area contributed by atoms with Crippen molar-refractivity contribution in [1.29, 1.82) is 0 Å². The molecular weight excluding hydrogens is 398 g/mol. The average Bonchev–Trinajstić information content (AvgIpc) is 2.69. The summed E-state index contributed by atoms with van der Waals surface area (Å²) in [6, 6.07) is 13.6. The summed E-state index contributed by atoms with van der Waals surface area (Å²) >= 11 is 6.17. The minimum Gasteiger partial charge on any atom is -0.337 e. The molecule has 0 atom stereocenters. The normalized spacial score (nSPS) is 16.1. The van der Waals surface area contributed by atoms with E-state index in [9.17, 15) is 13.2 Å². The number of carbonyl (C=O) groups is 1. The maximum absolute atomic E-state index is 12.9. The van der Waals surface area contributed by atoms with Crippen LogP contribution >= 0.6 is 11.6 Å². The van der Waals surface area contributed by atoms with E-state index in [0.717, 1.165) is 5.56 Å². The highest BCUT2D eigenvalue weighted by Gasteiger charge is 2.28. The first-order valence-electron chi connectivity index (χ1n) is 9.06. The molecule has 3 rings (SSSR count). The lowest BCUT2D eigenvalue weighted by Crippen LogP contribution is -2.47. The van der Waals surface area contributed by atoms with Gasteiger partial charge in [-0.25, -0.2) is 8.42 Å². The van der Waals surface area contributed by atoms with Gasteiger partial charge in [0.05, 0.1) is 4.90 Å². The first-order chi connectivity index (χ1) is 13.3. The Bertz CT molecular complexity index is 957. The van der Waals surface area contributed by atoms with Crippen LogP contribution in [0.25, 0.3) is 0 Å². The second-order valence-electron chi connectivity index (χ2n) is 6.99. The maximum Gasteiger partial charge on any atom is 0.253 e. The molecule has 150 valence electrons. The van der Waals surface area contributed by atoms with Gasteiger partial charge in [-0.15, -0.1) is 0 Å². The number of hydrogen-bond acceptors (Lipinski definition) is 4. The van der Waals surface area contributed by atoms with Crippen LogP contribution in [0, 0.1) is 0 Å². The molecule has 8 heteroatoms. The van der Waals surface area contributed by atoms with Gasteiger partial charge in [-0.2, -0.15) is 4.31 Å². The zero-order valence-corrected chi connectivity index (χ0v) is 17.6. The van der Waals surface area contributed by atoms with Crippen molar-refractivity contribution in [1.82, 2.24) is 14.1 Å². The number of carbonyl (C=O) groups excluding carboxylic acids is 1. The van der Waals surface area contributed by atoms with Crippen LogP contribution in [0.3, 0.4) is 0 Å². The number of sulfonamides is 1. The molecule has 6 nitrogen and oxygen atoms in total. The number of nitrogens with zero attached hydrogens (tertiary/aromatic N) is 3. The van der Waals surface area contributed by atoms with Crippen molar-refractivity contribution in [2.75, 3.05) is 40.3 Å². The van der Waals surface area contributed by atoms with Gasteiger partial charge >= 0.3 is 0 Å². The van der Waals surface area contributed by atoms with Gasteiger partial charge in [0.2, 0.25) is 10.0 Å². The number of amides is 1. The fourth-order valence-corrected chi connectivity index (χ4v) is 4.81. The molecule has 1 amide bonds. The molecule has 0 radical (unpaired) electrons. The van der Waals surface area contributed by atoms with E-state index >= 15 is 0 Å². The standard InChI is InChI=1S/C20H24ClN3O3S/c1-22-10-12-24(13-11-22)28(26,27)18-8-5-7-16(14-18)20(25)23(2)15-17-6-3-4-9-19(17)21/h3-9,14H,10-13,15H2,1-2H3. The fraction of sp³-hybridized carbons (Fsp3) is 0.350. The van der Waals surface area contributed by atoms with E-state index in [-0.39, 0.29) is 10.8 Å². The first kappa shape index (κ1) is 20.8. The summed E-state index contributed by atoms with van der Waals surface area (Å²) in [6.45, 7) is 2.62. The largest absolute Gasteiger partial charge is 0.337 e. The summed E-state index contributed by atoms with van der Waals surface area (Å²) < 4.78 is 27.4. The van der Waals surface area contributed by atoms with Gasteiger partial charge in [0.25, 0.3) is 5.91 Å². The fourth-order valence-electron chi connectivity index (χ4n) is 3.14. The van der Waals surface area contributed by atoms with Crippen LogP contribution in [0.1, 0.15) is 15.9 Å². The lowest BCUT2D eigenvalue weighted by Gasteiger charge is -2.31. The number of piperazine rings is 1. The van der Waals surface area contributed by atoms with Crippen molar-refractivity contribution in [3.05, 3.63) is 64.7 Å². The van der Waals surface area contributed by atoms with E-state index in [1.54, 1.807) is 31.3 Å². The third kappa shape index (κ3) is 4.55. The van der Waals surface area contributed by atoms with E-state index in [0.29, 0.717) is 43.3 Å². The van der Waals surface area contributed by atoms with Gasteiger partial charge in [0, 0.05) is 50.4 Å². The van der Waals surface area contributed by atoms with Crippen LogP contribution in [-0.4, -0.2) is 68.7 Å². The highest BCUT2D eigenvalue weighted by Crippen LogP contribution is 2.21. The lowest BCUT2D eigenvalue weighted by molar-refractivity contribution is 0.0785. The molecule has 0 N–H and O–H groups in total. The Morgan fingerprint density at radius 1 is 1.07 bits per heavy atom. The van der Waals surface area contributed by atoms with Crippen molar-refractivity contribution in [2.45, 2.75) is 11.4 Å². The Morgan fingerprint density at radius 3 is 2.43 bits per heavy atom. The molecule has 0 saturated carbocycles. The van der Waals surface area contributed by atoms with Gasteiger partial charge in [-0.1, -0.05) is 35.9 Å². The van der Waals surface area contributed by atoms with E-state index in [1.165, 1.54) is 15.3 Å². The van der Waals surface area contributed by atoms with Crippen LogP contribution in [0.4, 0.5) is 0 Å². The lowest BCUT2D eigenvalue weighted by atomic mass is 10.1. The van der Waals surface area contributed by atoms with Crippen molar-refractivity contribution in [2.24, 2.45) is 0 Å². The number of halogens is 1. The summed E-state index contributed by atoms with van der Waals surface area (Å²) in [5.74, 6) is -0.254. The van der Waals surface area contributed by atoms with Gasteiger partial charge < -0.3 is 9.80 Å². The number of likely N-dealkylation sites (N-methyl/N-ethyl adjacent to an activating group) is 1. The number of hydrogen-bond donors (Lipinski definition) is 0. The summed E-state index contributed by atoms with van der Waals surface area (Å²) in [5, 5.41) is 0.591. The monoisotopic (exact) mass is 421 g/mol. The van der Waals surface area contributed by atoms with Crippen LogP contribution in [0.5, 0.6) is 0 Å². The molecule has 0 aliphatic carbocycles. The average molecular weight is 422 g/mol. The number of benzene rings is 2. The molecule has 1 aliphatic heterocycles. The third-order valence-corrected chi connectivity index (χ3v) is 7.16. The highest BCUT2D eigenvalue weighted by atomic mass is 35.5. The van der Waals surface area contributed by atoms with Crippen LogP contribution in [0.2, 0.25) is 5.02 Å².